The summed E-state index contributed by atoms with van der Waals surface area (Å²) in [7, 11) is -3.01. The number of sulfone groups is 1. The van der Waals surface area contributed by atoms with Crippen LogP contribution < -0.4 is 5.32 Å². The van der Waals surface area contributed by atoms with E-state index in [1.165, 1.54) is 11.8 Å². The van der Waals surface area contributed by atoms with Crippen molar-refractivity contribution in [2.75, 3.05) is 17.3 Å². The summed E-state index contributed by atoms with van der Waals surface area (Å²) in [5.41, 5.74) is -0.645. The Morgan fingerprint density at radius 3 is 2.74 bits per heavy atom. The van der Waals surface area contributed by atoms with Gasteiger partial charge < -0.3 is 5.32 Å². The molecule has 1 aromatic rings. The van der Waals surface area contributed by atoms with Crippen molar-refractivity contribution in [1.29, 1.82) is 0 Å². The molecule has 1 fully saturated rings. The molecule has 1 amide bonds. The maximum absolute atomic E-state index is 11.8. The van der Waals surface area contributed by atoms with E-state index in [4.69, 9.17) is 0 Å². The third kappa shape index (κ3) is 4.17. The second-order valence-corrected chi connectivity index (χ2v) is 7.90. The quantitative estimate of drug-likeness (QED) is 0.634. The summed E-state index contributed by atoms with van der Waals surface area (Å²) in [6.45, 7) is 1.76. The van der Waals surface area contributed by atoms with E-state index in [1.54, 1.807) is 25.4 Å². The van der Waals surface area contributed by atoms with Crippen molar-refractivity contribution in [3.63, 3.8) is 0 Å². The van der Waals surface area contributed by atoms with Crippen LogP contribution in [0.2, 0.25) is 0 Å². The van der Waals surface area contributed by atoms with Crippen LogP contribution in [0.15, 0.2) is 23.6 Å². The van der Waals surface area contributed by atoms with Gasteiger partial charge in [-0.1, -0.05) is 11.8 Å². The predicted molar refractivity (Wildman–Crippen MR) is 72.6 cm³/mol. The van der Waals surface area contributed by atoms with Crippen LogP contribution in [0.4, 0.5) is 0 Å². The van der Waals surface area contributed by atoms with Gasteiger partial charge in [0.05, 0.1) is 22.8 Å². The molecule has 1 atom stereocenters. The van der Waals surface area contributed by atoms with E-state index in [9.17, 15) is 13.2 Å². The Labute approximate surface area is 116 Å². The van der Waals surface area contributed by atoms with Gasteiger partial charge in [0.25, 0.3) is 0 Å². The summed E-state index contributed by atoms with van der Waals surface area (Å²) in [6.07, 6.45) is 3.68. The zero-order valence-corrected chi connectivity index (χ0v) is 12.1. The molecule has 2 rings (SSSR count). The first-order chi connectivity index (χ1) is 8.89. The van der Waals surface area contributed by atoms with Crippen LogP contribution in [0.5, 0.6) is 0 Å². The summed E-state index contributed by atoms with van der Waals surface area (Å²) in [5.74, 6) is 0.133. The highest BCUT2D eigenvalue weighted by Crippen LogP contribution is 2.23. The van der Waals surface area contributed by atoms with Crippen LogP contribution >= 0.6 is 11.8 Å². The summed E-state index contributed by atoms with van der Waals surface area (Å²) in [5, 5.41) is 3.32. The van der Waals surface area contributed by atoms with Crippen molar-refractivity contribution in [3.05, 3.63) is 18.5 Å². The molecule has 19 heavy (non-hydrogen) atoms. The normalized spacial score (nSPS) is 25.1. The van der Waals surface area contributed by atoms with Gasteiger partial charge in [0.15, 0.2) is 15.0 Å². The van der Waals surface area contributed by atoms with Crippen molar-refractivity contribution in [3.8, 4) is 0 Å². The molecule has 2 heterocycles. The Morgan fingerprint density at radius 1 is 1.47 bits per heavy atom. The Kier molecular flexibility index (Phi) is 4.10. The van der Waals surface area contributed by atoms with Gasteiger partial charge in [0, 0.05) is 12.4 Å². The first-order valence-electron chi connectivity index (χ1n) is 5.80. The molecule has 8 heteroatoms. The van der Waals surface area contributed by atoms with Gasteiger partial charge in [-0.15, -0.1) is 0 Å². The first kappa shape index (κ1) is 14.3. The van der Waals surface area contributed by atoms with Crippen molar-refractivity contribution < 1.29 is 13.2 Å². The van der Waals surface area contributed by atoms with Gasteiger partial charge in [-0.2, -0.15) is 0 Å². The maximum atomic E-state index is 11.8. The molecule has 1 aromatic heterocycles. The van der Waals surface area contributed by atoms with Crippen molar-refractivity contribution in [1.82, 2.24) is 15.3 Å². The molecule has 0 radical (unpaired) electrons. The van der Waals surface area contributed by atoms with Gasteiger partial charge in [-0.3, -0.25) is 4.79 Å². The molecule has 0 unspecified atom stereocenters. The topological polar surface area (TPSA) is 89.0 Å². The van der Waals surface area contributed by atoms with E-state index in [2.05, 4.69) is 15.3 Å². The fraction of sp³-hybridized carbons (Fsp3) is 0.545. The van der Waals surface area contributed by atoms with E-state index >= 15 is 0 Å². The number of nitrogens with zero attached hydrogens (tertiary/aromatic N) is 2. The number of hydrogen-bond donors (Lipinski definition) is 1. The molecule has 6 nitrogen and oxygen atoms in total. The molecule has 1 aliphatic heterocycles. The van der Waals surface area contributed by atoms with E-state index in [0.29, 0.717) is 11.6 Å². The minimum Gasteiger partial charge on any atom is -0.349 e. The highest BCUT2D eigenvalue weighted by Gasteiger charge is 2.39. The van der Waals surface area contributed by atoms with Crippen molar-refractivity contribution in [2.24, 2.45) is 0 Å². The smallest absolute Gasteiger partial charge is 0.230 e. The Bertz CT molecular complexity index is 562. The van der Waals surface area contributed by atoms with E-state index in [0.717, 1.165) is 0 Å². The number of carbonyl (C=O) groups is 1. The van der Waals surface area contributed by atoms with Crippen molar-refractivity contribution in [2.45, 2.75) is 24.0 Å². The van der Waals surface area contributed by atoms with Crippen LogP contribution in [-0.2, 0) is 14.6 Å². The molecule has 0 aromatic carbocycles. The van der Waals surface area contributed by atoms with Gasteiger partial charge in [0.1, 0.15) is 0 Å². The second-order valence-electron chi connectivity index (χ2n) is 4.77. The van der Waals surface area contributed by atoms with Crippen LogP contribution in [0.1, 0.15) is 13.3 Å². The Morgan fingerprint density at radius 2 is 2.16 bits per heavy atom. The fourth-order valence-electron chi connectivity index (χ4n) is 1.97. The largest absolute Gasteiger partial charge is 0.349 e. The zero-order chi connectivity index (χ0) is 13.9. The number of hydrogen-bond acceptors (Lipinski definition) is 6. The number of aromatic nitrogens is 2. The zero-order valence-electron chi connectivity index (χ0n) is 10.5. The minimum atomic E-state index is -3.01. The Hall–Kier alpha value is -1.15. The number of thioether (sulfide) groups is 1. The van der Waals surface area contributed by atoms with Crippen LogP contribution in [0.3, 0.4) is 0 Å². The van der Waals surface area contributed by atoms with E-state index in [-0.39, 0.29) is 23.2 Å². The van der Waals surface area contributed by atoms with Crippen LogP contribution in [0, 0.1) is 0 Å². The molecule has 1 aliphatic rings. The summed E-state index contributed by atoms with van der Waals surface area (Å²) in [6, 6.07) is 1.70. The average Bonchev–Trinajstić information content (AvgIpc) is 2.62. The number of nitrogens with one attached hydrogen (secondary N) is 1. The molecule has 0 spiro atoms. The molecular formula is C11H15N3O3S2. The lowest BCUT2D eigenvalue weighted by atomic mass is 10.0. The molecule has 0 bridgehead atoms. The van der Waals surface area contributed by atoms with Gasteiger partial charge in [-0.25, -0.2) is 18.4 Å². The van der Waals surface area contributed by atoms with Crippen LogP contribution in [-0.4, -0.2) is 47.1 Å². The van der Waals surface area contributed by atoms with E-state index in [1.807, 2.05) is 0 Å². The van der Waals surface area contributed by atoms with Gasteiger partial charge in [0.2, 0.25) is 5.91 Å². The summed E-state index contributed by atoms with van der Waals surface area (Å²) < 4.78 is 22.9. The number of rotatable bonds is 4. The molecule has 0 saturated carbocycles. The number of amides is 1. The molecule has 104 valence electrons. The monoisotopic (exact) mass is 301 g/mol. The number of carbonyl (C=O) groups excluding carboxylic acids is 1. The van der Waals surface area contributed by atoms with Crippen molar-refractivity contribution >= 4 is 27.5 Å². The third-order valence-electron chi connectivity index (χ3n) is 2.82. The highest BCUT2D eigenvalue weighted by molar-refractivity contribution is 7.99. The molecule has 0 aliphatic carbocycles. The standard InChI is InChI=1S/C11H15N3O3S2/c1-11(3-6-19(16,17)8-11)14-9(15)7-18-10-12-4-2-5-13-10/h2,4-5H,3,6-8H2,1H3,(H,14,15)/t11-/m0/s1. The van der Waals surface area contributed by atoms with Crippen LogP contribution in [0.25, 0.3) is 0 Å². The summed E-state index contributed by atoms with van der Waals surface area (Å²) >= 11 is 1.23. The van der Waals surface area contributed by atoms with Gasteiger partial charge >= 0.3 is 0 Å². The molecule has 1 saturated heterocycles. The highest BCUT2D eigenvalue weighted by atomic mass is 32.2. The third-order valence-corrected chi connectivity index (χ3v) is 5.60. The lowest BCUT2D eigenvalue weighted by Crippen LogP contribution is -2.47. The Balaban J connectivity index is 1.85. The SMILES string of the molecule is C[C@]1(NC(=O)CSc2ncccn2)CCS(=O)(=O)C1. The molecular weight excluding hydrogens is 286 g/mol. The van der Waals surface area contributed by atoms with Gasteiger partial charge in [-0.05, 0) is 19.4 Å². The second kappa shape index (κ2) is 5.46. The first-order valence-corrected chi connectivity index (χ1v) is 8.61. The average molecular weight is 301 g/mol. The minimum absolute atomic E-state index is 0.0121. The predicted octanol–water partition coefficient (Wildman–Crippen LogP) is 0.262. The maximum Gasteiger partial charge on any atom is 0.230 e. The molecule has 1 N–H and O–H groups in total. The lowest BCUT2D eigenvalue weighted by molar-refractivity contribution is -0.120. The fourth-order valence-corrected chi connectivity index (χ4v) is 4.67. The van der Waals surface area contributed by atoms with E-state index < -0.39 is 15.4 Å². The lowest BCUT2D eigenvalue weighted by Gasteiger charge is -2.23. The summed E-state index contributed by atoms with van der Waals surface area (Å²) in [4.78, 5) is 19.8.